The number of aldehydes is 1. The number of hydrogen-bond donors (Lipinski definition) is 7. The number of rotatable bonds is 24. The maximum Gasteiger partial charge on any atom is 0.245 e. The summed E-state index contributed by atoms with van der Waals surface area (Å²) in [7, 11) is 0. The molecule has 0 rings (SSSR count). The normalized spacial score (nSPS) is 14.8. The fourth-order valence-corrected chi connectivity index (χ4v) is 4.20. The Labute approximate surface area is 242 Å². The smallest absolute Gasteiger partial charge is 0.245 e. The van der Waals surface area contributed by atoms with Crippen LogP contribution in [0.4, 0.5) is 0 Å². The average Bonchev–Trinajstić information content (AvgIpc) is 2.87. The van der Waals surface area contributed by atoms with Gasteiger partial charge in [0.1, 0.15) is 18.4 Å². The van der Waals surface area contributed by atoms with E-state index < -0.39 is 72.7 Å². The number of amides is 5. The number of aliphatic hydroxyl groups is 2. The van der Waals surface area contributed by atoms with Gasteiger partial charge >= 0.3 is 0 Å². The second-order valence-corrected chi connectivity index (χ2v) is 10.9. The molecule has 0 bridgehead atoms. The minimum atomic E-state index is -1.76. The van der Waals surface area contributed by atoms with Crippen LogP contribution >= 0.6 is 0 Å². The molecule has 0 radical (unpaired) electrons. The van der Waals surface area contributed by atoms with Gasteiger partial charge in [-0.3, -0.25) is 24.0 Å². The van der Waals surface area contributed by atoms with E-state index in [1.165, 1.54) is 32.1 Å². The van der Waals surface area contributed by atoms with Crippen molar-refractivity contribution >= 4 is 35.8 Å². The summed E-state index contributed by atoms with van der Waals surface area (Å²) in [5.74, 6) is -4.93. The van der Waals surface area contributed by atoms with E-state index in [9.17, 15) is 39.0 Å². The van der Waals surface area contributed by atoms with E-state index in [0.717, 1.165) is 25.7 Å². The topological polar surface area (TPSA) is 231 Å². The number of nitrogens with one attached hydrogen (secondary N) is 3. The van der Waals surface area contributed by atoms with Crippen LogP contribution in [0.2, 0.25) is 0 Å². The zero-order chi connectivity index (χ0) is 31.4. The number of hydrogen-bond acceptors (Lipinski definition) is 8. The Morgan fingerprint density at radius 1 is 0.732 bits per heavy atom. The first kappa shape index (κ1) is 37.9. The largest absolute Gasteiger partial charge is 0.393 e. The van der Waals surface area contributed by atoms with Gasteiger partial charge in [-0.2, -0.15) is 0 Å². The zero-order valence-corrected chi connectivity index (χ0v) is 24.7. The molecule has 5 amide bonds. The first-order chi connectivity index (χ1) is 19.3. The van der Waals surface area contributed by atoms with Crippen LogP contribution in [-0.2, 0) is 28.8 Å². The summed E-state index contributed by atoms with van der Waals surface area (Å²) in [6.45, 7) is 5.50. The Morgan fingerprint density at radius 3 is 1.76 bits per heavy atom. The highest BCUT2D eigenvalue weighted by Gasteiger charge is 2.34. The number of carbonyl (C=O) groups is 6. The molecule has 236 valence electrons. The fourth-order valence-electron chi connectivity index (χ4n) is 4.20. The SMILES string of the molecule is CCCCCCCCCCC[C@@H](O)CC(=O)N[C@@H](CC(N)=O)C(=O)NC(C(=O)NC(C=O)C(C)C)[C@H](O)CC(N)=O. The molecule has 0 fully saturated rings. The van der Waals surface area contributed by atoms with Gasteiger partial charge in [0.25, 0.3) is 0 Å². The minimum absolute atomic E-state index is 0.315. The monoisotopic (exact) mass is 585 g/mol. The lowest BCUT2D eigenvalue weighted by Crippen LogP contribution is -2.60. The molecule has 0 aliphatic heterocycles. The highest BCUT2D eigenvalue weighted by molar-refractivity contribution is 5.95. The van der Waals surface area contributed by atoms with Gasteiger partial charge in [-0.05, 0) is 12.3 Å². The van der Waals surface area contributed by atoms with Crippen molar-refractivity contribution in [3.05, 3.63) is 0 Å². The van der Waals surface area contributed by atoms with Crippen molar-refractivity contribution < 1.29 is 39.0 Å². The molecule has 0 heterocycles. The molecule has 0 saturated heterocycles. The third kappa shape index (κ3) is 18.1. The number of unbranched alkanes of at least 4 members (excludes halogenated alkanes) is 8. The van der Waals surface area contributed by atoms with E-state index in [-0.39, 0.29) is 12.3 Å². The maximum atomic E-state index is 13.0. The van der Waals surface area contributed by atoms with Gasteiger partial charge < -0.3 is 42.4 Å². The molecule has 0 saturated carbocycles. The maximum absolute atomic E-state index is 13.0. The van der Waals surface area contributed by atoms with Gasteiger partial charge in [0.05, 0.1) is 37.5 Å². The van der Waals surface area contributed by atoms with Crippen molar-refractivity contribution in [2.45, 2.75) is 135 Å². The Morgan fingerprint density at radius 2 is 1.27 bits per heavy atom. The van der Waals surface area contributed by atoms with Crippen LogP contribution in [0.25, 0.3) is 0 Å². The third-order valence-electron chi connectivity index (χ3n) is 6.67. The second-order valence-electron chi connectivity index (χ2n) is 10.9. The van der Waals surface area contributed by atoms with Gasteiger partial charge in [0.2, 0.25) is 29.5 Å². The molecule has 0 aromatic rings. The number of primary amides is 2. The van der Waals surface area contributed by atoms with Crippen LogP contribution in [0, 0.1) is 5.92 Å². The molecule has 5 atom stereocenters. The van der Waals surface area contributed by atoms with Crippen molar-refractivity contribution in [2.24, 2.45) is 17.4 Å². The quantitative estimate of drug-likeness (QED) is 0.0604. The zero-order valence-electron chi connectivity index (χ0n) is 24.7. The summed E-state index contributed by atoms with van der Waals surface area (Å²) < 4.78 is 0. The molecule has 9 N–H and O–H groups in total. The summed E-state index contributed by atoms with van der Waals surface area (Å²) in [4.78, 5) is 72.6. The van der Waals surface area contributed by atoms with Crippen LogP contribution < -0.4 is 27.4 Å². The molecular weight excluding hydrogens is 534 g/mol. The Bertz CT molecular complexity index is 838. The summed E-state index contributed by atoms with van der Waals surface area (Å²) in [5.41, 5.74) is 10.3. The van der Waals surface area contributed by atoms with Gasteiger partial charge in [-0.1, -0.05) is 78.6 Å². The van der Waals surface area contributed by atoms with Crippen molar-refractivity contribution in [2.75, 3.05) is 0 Å². The highest BCUT2D eigenvalue weighted by atomic mass is 16.3. The highest BCUT2D eigenvalue weighted by Crippen LogP contribution is 2.13. The third-order valence-corrected chi connectivity index (χ3v) is 6.67. The number of carbonyl (C=O) groups excluding carboxylic acids is 6. The predicted octanol–water partition coefficient (Wildman–Crippen LogP) is 0.0793. The number of aliphatic hydroxyl groups excluding tert-OH is 2. The van der Waals surface area contributed by atoms with E-state index in [4.69, 9.17) is 11.5 Å². The Hall–Kier alpha value is -3.06. The average molecular weight is 586 g/mol. The van der Waals surface area contributed by atoms with Crippen LogP contribution in [0.15, 0.2) is 0 Å². The van der Waals surface area contributed by atoms with Crippen molar-refractivity contribution in [3.63, 3.8) is 0 Å². The van der Waals surface area contributed by atoms with Gasteiger partial charge in [0, 0.05) is 0 Å². The second kappa shape index (κ2) is 21.7. The van der Waals surface area contributed by atoms with Crippen molar-refractivity contribution in [1.82, 2.24) is 16.0 Å². The van der Waals surface area contributed by atoms with Crippen LogP contribution in [0.5, 0.6) is 0 Å². The number of nitrogens with two attached hydrogens (primary N) is 2. The minimum Gasteiger partial charge on any atom is -0.393 e. The lowest BCUT2D eigenvalue weighted by atomic mass is 10.0. The molecule has 13 heteroatoms. The molecule has 0 aromatic heterocycles. The summed E-state index contributed by atoms with van der Waals surface area (Å²) in [5, 5.41) is 27.6. The molecular formula is C28H51N5O8. The van der Waals surface area contributed by atoms with Crippen molar-refractivity contribution in [3.8, 4) is 0 Å². The molecule has 0 aliphatic carbocycles. The van der Waals surface area contributed by atoms with Gasteiger partial charge in [0.15, 0.2) is 0 Å². The Balaban J connectivity index is 5.10. The predicted molar refractivity (Wildman–Crippen MR) is 153 cm³/mol. The van der Waals surface area contributed by atoms with E-state index in [0.29, 0.717) is 12.7 Å². The lowest BCUT2D eigenvalue weighted by molar-refractivity contribution is -0.137. The van der Waals surface area contributed by atoms with Crippen LogP contribution in [0.3, 0.4) is 0 Å². The molecule has 0 aromatic carbocycles. The molecule has 2 unspecified atom stereocenters. The molecule has 13 nitrogen and oxygen atoms in total. The molecule has 0 aliphatic rings. The van der Waals surface area contributed by atoms with E-state index in [2.05, 4.69) is 22.9 Å². The van der Waals surface area contributed by atoms with E-state index >= 15 is 0 Å². The van der Waals surface area contributed by atoms with Crippen LogP contribution in [0.1, 0.15) is 104 Å². The lowest BCUT2D eigenvalue weighted by Gasteiger charge is -2.27. The van der Waals surface area contributed by atoms with Gasteiger partial charge in [-0.25, -0.2) is 0 Å². The van der Waals surface area contributed by atoms with Crippen molar-refractivity contribution in [1.29, 1.82) is 0 Å². The molecule has 0 spiro atoms. The first-order valence-electron chi connectivity index (χ1n) is 14.6. The Kier molecular flexibility index (Phi) is 20.0. The van der Waals surface area contributed by atoms with E-state index in [1.807, 2.05) is 0 Å². The fraction of sp³-hybridized carbons (Fsp3) is 0.786. The summed E-state index contributed by atoms with van der Waals surface area (Å²) >= 11 is 0. The van der Waals surface area contributed by atoms with Crippen LogP contribution in [-0.4, -0.2) is 76.4 Å². The summed E-state index contributed by atoms with van der Waals surface area (Å²) in [6.07, 6.45) is 6.49. The standard InChI is InChI=1S/C28H51N5O8/c1-4-5-6-7-8-9-10-11-12-13-19(35)14-25(39)31-20(15-23(29)37)27(40)33-26(22(36)16-24(30)38)28(41)32-21(17-34)18(2)3/h17-22,26,35-36H,4-16H2,1-3H3,(H2,29,37)(H2,30,38)(H,31,39)(H,32,41)(H,33,40)/t19-,20+,21?,22-,26?/m1/s1. The summed E-state index contributed by atoms with van der Waals surface area (Å²) in [6, 6.07) is -4.21. The molecule has 41 heavy (non-hydrogen) atoms. The van der Waals surface area contributed by atoms with E-state index in [1.54, 1.807) is 13.8 Å². The van der Waals surface area contributed by atoms with Gasteiger partial charge in [-0.15, -0.1) is 0 Å². The first-order valence-corrected chi connectivity index (χ1v) is 14.6.